The second kappa shape index (κ2) is 12.0. The maximum Gasteiger partial charge on any atom is 0.416 e. The van der Waals surface area contributed by atoms with Crippen molar-refractivity contribution in [3.05, 3.63) is 81.8 Å². The van der Waals surface area contributed by atoms with Crippen molar-refractivity contribution in [2.45, 2.75) is 44.8 Å². The molecular weight excluding hydrogens is 593 g/mol. The summed E-state index contributed by atoms with van der Waals surface area (Å²) in [5.74, 6) is -0.440. The third-order valence-corrected chi connectivity index (χ3v) is 7.11. The van der Waals surface area contributed by atoms with Gasteiger partial charge in [-0.1, -0.05) is 23.7 Å². The largest absolute Gasteiger partial charge is 0.416 e. The summed E-state index contributed by atoms with van der Waals surface area (Å²) in [6, 6.07) is 12.6. The molecule has 2 amide bonds. The summed E-state index contributed by atoms with van der Waals surface area (Å²) in [6.45, 7) is 0.870. The molecule has 1 fully saturated rings. The number of alkyl halides is 3. The number of likely N-dealkylation sites (tertiary alicyclic amines) is 1. The van der Waals surface area contributed by atoms with Crippen molar-refractivity contribution in [1.82, 2.24) is 39.3 Å². The van der Waals surface area contributed by atoms with Crippen molar-refractivity contribution in [2.75, 3.05) is 13.1 Å². The molecule has 0 radical (unpaired) electrons. The second-order valence-corrected chi connectivity index (χ2v) is 10.4. The molecule has 0 bridgehead atoms. The van der Waals surface area contributed by atoms with Gasteiger partial charge in [0.25, 0.3) is 5.91 Å². The van der Waals surface area contributed by atoms with Crippen molar-refractivity contribution in [3.63, 3.8) is 0 Å². The summed E-state index contributed by atoms with van der Waals surface area (Å²) < 4.78 is 42.4. The zero-order chi connectivity index (χ0) is 30.9. The topological polar surface area (TPSA) is 140 Å². The van der Waals surface area contributed by atoms with Crippen LogP contribution in [0.25, 0.3) is 17.1 Å². The molecular formula is C27H26ClF3N8O4. The zero-order valence-electron chi connectivity index (χ0n) is 22.7. The third-order valence-electron chi connectivity index (χ3n) is 6.85. The normalized spacial score (nSPS) is 16.0. The van der Waals surface area contributed by atoms with Crippen LogP contribution < -0.4 is 11.0 Å². The highest BCUT2D eigenvalue weighted by molar-refractivity contribution is 6.30. The first-order chi connectivity index (χ1) is 20.4. The average molecular weight is 619 g/mol. The fourth-order valence-corrected chi connectivity index (χ4v) is 4.92. The highest BCUT2D eigenvalue weighted by Gasteiger charge is 2.39. The monoisotopic (exact) mass is 618 g/mol. The van der Waals surface area contributed by atoms with E-state index in [2.05, 4.69) is 20.5 Å². The van der Waals surface area contributed by atoms with Crippen LogP contribution in [0.3, 0.4) is 0 Å². The molecule has 2 N–H and O–H groups in total. The first-order valence-electron chi connectivity index (χ1n) is 13.2. The Kier molecular flexibility index (Phi) is 8.37. The number of hydrogen-bond donors (Lipinski definition) is 2. The average Bonchev–Trinajstić information content (AvgIpc) is 3.69. The maximum atomic E-state index is 13.4. The number of nitrogens with one attached hydrogen (secondary N) is 1. The number of carbonyl (C=O) groups is 2. The van der Waals surface area contributed by atoms with Gasteiger partial charge in [-0.25, -0.2) is 19.1 Å². The lowest BCUT2D eigenvalue weighted by Crippen LogP contribution is -2.37. The summed E-state index contributed by atoms with van der Waals surface area (Å²) in [5.41, 5.74) is 0.156. The molecule has 2 aromatic heterocycles. The molecule has 16 heteroatoms. The molecule has 1 saturated heterocycles. The predicted octanol–water partition coefficient (Wildman–Crippen LogP) is 2.27. The fraction of sp³-hybridized carbons (Fsp3) is 0.333. The smallest absolute Gasteiger partial charge is 0.382 e. The number of rotatable bonds is 8. The van der Waals surface area contributed by atoms with Gasteiger partial charge in [0.2, 0.25) is 5.91 Å². The van der Waals surface area contributed by atoms with Gasteiger partial charge < -0.3 is 15.3 Å². The molecule has 1 unspecified atom stereocenters. The Morgan fingerprint density at radius 1 is 1.14 bits per heavy atom. The van der Waals surface area contributed by atoms with E-state index in [9.17, 15) is 32.7 Å². The van der Waals surface area contributed by atoms with Crippen LogP contribution in [-0.4, -0.2) is 82.3 Å². The Hall–Kier alpha value is -4.50. The van der Waals surface area contributed by atoms with E-state index in [-0.39, 0.29) is 36.0 Å². The van der Waals surface area contributed by atoms with Gasteiger partial charge in [-0.3, -0.25) is 14.2 Å². The van der Waals surface area contributed by atoms with E-state index in [1.54, 1.807) is 29.2 Å². The number of halogens is 4. The van der Waals surface area contributed by atoms with Crippen LogP contribution in [0, 0.1) is 0 Å². The van der Waals surface area contributed by atoms with Crippen LogP contribution in [-0.2, 0) is 17.9 Å². The Labute approximate surface area is 247 Å². The number of nitrogens with zero attached hydrogens (tertiary/aromatic N) is 7. The highest BCUT2D eigenvalue weighted by Crippen LogP contribution is 2.24. The van der Waals surface area contributed by atoms with Gasteiger partial charge in [-0.2, -0.15) is 13.2 Å². The SMILES string of the molecule is CC(=O)N[C@H]1CCN(C(=O)c2ccccc2-n2cnc(Cn3nc(-c4ccc(Cl)cc4)n(CC(O)C(F)(F)F)c3=O)n2)C1. The number of aromatic nitrogens is 6. The van der Waals surface area contributed by atoms with Crippen LogP contribution in [0.2, 0.25) is 5.02 Å². The highest BCUT2D eigenvalue weighted by atomic mass is 35.5. The number of aliphatic hydroxyl groups is 1. The van der Waals surface area contributed by atoms with Crippen molar-refractivity contribution in [3.8, 4) is 17.1 Å². The van der Waals surface area contributed by atoms with E-state index < -0.39 is 24.5 Å². The molecule has 1 aliphatic heterocycles. The number of aliphatic hydroxyl groups excluding tert-OH is 1. The van der Waals surface area contributed by atoms with E-state index in [0.717, 1.165) is 9.25 Å². The lowest BCUT2D eigenvalue weighted by Gasteiger charge is -2.18. The van der Waals surface area contributed by atoms with Crippen molar-refractivity contribution in [1.29, 1.82) is 0 Å². The van der Waals surface area contributed by atoms with E-state index in [1.165, 1.54) is 42.2 Å². The number of benzene rings is 2. The zero-order valence-corrected chi connectivity index (χ0v) is 23.5. The van der Waals surface area contributed by atoms with E-state index in [0.29, 0.717) is 41.3 Å². The molecule has 4 aromatic rings. The summed E-state index contributed by atoms with van der Waals surface area (Å²) in [5, 5.41) is 21.5. The summed E-state index contributed by atoms with van der Waals surface area (Å²) >= 11 is 5.93. The molecule has 3 heterocycles. The van der Waals surface area contributed by atoms with Crippen LogP contribution in [0.15, 0.2) is 59.7 Å². The van der Waals surface area contributed by atoms with Crippen molar-refractivity contribution < 1.29 is 27.9 Å². The van der Waals surface area contributed by atoms with Crippen molar-refractivity contribution >= 4 is 23.4 Å². The molecule has 2 atom stereocenters. The van der Waals surface area contributed by atoms with Gasteiger partial charge in [0.1, 0.15) is 12.9 Å². The minimum atomic E-state index is -4.95. The molecule has 226 valence electrons. The Balaban J connectivity index is 1.41. The number of hydrogen-bond acceptors (Lipinski definition) is 7. The lowest BCUT2D eigenvalue weighted by molar-refractivity contribution is -0.207. The van der Waals surface area contributed by atoms with Gasteiger partial charge in [-0.05, 0) is 42.8 Å². The third kappa shape index (κ3) is 6.62. The fourth-order valence-electron chi connectivity index (χ4n) is 4.79. The first-order valence-corrected chi connectivity index (χ1v) is 13.5. The minimum absolute atomic E-state index is 0.0972. The van der Waals surface area contributed by atoms with Gasteiger partial charge in [0.05, 0.1) is 17.8 Å². The van der Waals surface area contributed by atoms with Crippen LogP contribution in [0.5, 0.6) is 0 Å². The van der Waals surface area contributed by atoms with Crippen LogP contribution in [0.4, 0.5) is 13.2 Å². The molecule has 43 heavy (non-hydrogen) atoms. The Morgan fingerprint density at radius 2 is 1.86 bits per heavy atom. The Bertz CT molecular complexity index is 1700. The molecule has 5 rings (SSSR count). The summed E-state index contributed by atoms with van der Waals surface area (Å²) in [7, 11) is 0. The second-order valence-electron chi connectivity index (χ2n) is 10.00. The number of amides is 2. The van der Waals surface area contributed by atoms with E-state index >= 15 is 0 Å². The summed E-state index contributed by atoms with van der Waals surface area (Å²) in [4.78, 5) is 43.8. The lowest BCUT2D eigenvalue weighted by atomic mass is 10.1. The van der Waals surface area contributed by atoms with Gasteiger partial charge in [-0.15, -0.1) is 10.2 Å². The van der Waals surface area contributed by atoms with Gasteiger partial charge >= 0.3 is 11.9 Å². The minimum Gasteiger partial charge on any atom is -0.382 e. The van der Waals surface area contributed by atoms with Crippen LogP contribution >= 0.6 is 11.6 Å². The Morgan fingerprint density at radius 3 is 2.56 bits per heavy atom. The van der Waals surface area contributed by atoms with Crippen LogP contribution in [0.1, 0.15) is 29.5 Å². The molecule has 0 saturated carbocycles. The molecule has 1 aliphatic rings. The quantitative estimate of drug-likeness (QED) is 0.309. The molecule has 2 aromatic carbocycles. The van der Waals surface area contributed by atoms with E-state index in [1.807, 2.05) is 0 Å². The molecule has 12 nitrogen and oxygen atoms in total. The maximum absolute atomic E-state index is 13.4. The summed E-state index contributed by atoms with van der Waals surface area (Å²) in [6.07, 6.45) is -5.78. The molecule has 0 aliphatic carbocycles. The standard InChI is InChI=1S/C27H26ClF3N8O4/c1-16(40)33-19-10-11-36(12-19)25(42)20-4-2-3-5-21(20)39-15-32-23(34-39)14-38-26(43)37(13-22(41)27(29,30)31)24(35-38)17-6-8-18(28)9-7-17/h2-9,15,19,22,41H,10-14H2,1H3,(H,33,40)/t19-,22?/m0/s1. The van der Waals surface area contributed by atoms with Gasteiger partial charge in [0.15, 0.2) is 17.8 Å². The first kappa shape index (κ1) is 30.0. The number of para-hydroxylation sites is 1. The van der Waals surface area contributed by atoms with Gasteiger partial charge in [0, 0.05) is 36.6 Å². The number of carbonyl (C=O) groups excluding carboxylic acids is 2. The van der Waals surface area contributed by atoms with E-state index in [4.69, 9.17) is 11.6 Å². The predicted molar refractivity (Wildman–Crippen MR) is 148 cm³/mol. The van der Waals surface area contributed by atoms with Crippen molar-refractivity contribution in [2.24, 2.45) is 0 Å². The molecule has 0 spiro atoms.